The van der Waals surface area contributed by atoms with Gasteiger partial charge in [-0.15, -0.1) is 0 Å². The van der Waals surface area contributed by atoms with Crippen molar-refractivity contribution >= 4 is 17.5 Å². The van der Waals surface area contributed by atoms with Gasteiger partial charge in [-0.1, -0.05) is 6.92 Å². The van der Waals surface area contributed by atoms with Gasteiger partial charge in [-0.2, -0.15) is 0 Å². The van der Waals surface area contributed by atoms with Crippen molar-refractivity contribution < 1.29 is 23.8 Å². The van der Waals surface area contributed by atoms with Crippen molar-refractivity contribution in [3.8, 4) is 17.2 Å². The smallest absolute Gasteiger partial charge is 0.228 e. The van der Waals surface area contributed by atoms with Gasteiger partial charge in [0.25, 0.3) is 0 Å². The number of benzene rings is 1. The number of nitrogens with one attached hydrogen (secondary N) is 1. The first-order valence-electron chi connectivity index (χ1n) is 9.38. The van der Waals surface area contributed by atoms with E-state index in [1.807, 2.05) is 4.90 Å². The van der Waals surface area contributed by atoms with Gasteiger partial charge in [-0.05, 0) is 25.2 Å². The number of likely N-dealkylation sites (tertiary alicyclic amines) is 1. The molecule has 27 heavy (non-hydrogen) atoms. The van der Waals surface area contributed by atoms with E-state index < -0.39 is 0 Å². The number of rotatable bonds is 6. The number of piperidine rings is 1. The summed E-state index contributed by atoms with van der Waals surface area (Å²) in [5.74, 6) is 1.45. The standard InChI is InChI=1S/C20H28N2O5/c1-12-6-5-7-22(11-12)20(24)15-10-14(15)19(23)21-13-8-16(25-2)18(27-4)17(9-13)26-3/h8-9,12,14-15H,5-7,10-11H2,1-4H3,(H,21,23). The highest BCUT2D eigenvalue weighted by Crippen LogP contribution is 2.43. The summed E-state index contributed by atoms with van der Waals surface area (Å²) in [6.45, 7) is 3.78. The van der Waals surface area contributed by atoms with Crippen molar-refractivity contribution in [3.63, 3.8) is 0 Å². The SMILES string of the molecule is COc1cc(NC(=O)C2CC2C(=O)N2CCCC(C)C2)cc(OC)c1OC. The largest absolute Gasteiger partial charge is 0.493 e. The summed E-state index contributed by atoms with van der Waals surface area (Å²) in [4.78, 5) is 27.2. The lowest BCUT2D eigenvalue weighted by molar-refractivity contribution is -0.135. The van der Waals surface area contributed by atoms with E-state index >= 15 is 0 Å². The maximum absolute atomic E-state index is 12.6. The molecule has 0 bridgehead atoms. The van der Waals surface area contributed by atoms with E-state index in [9.17, 15) is 9.59 Å². The molecule has 0 aromatic heterocycles. The third-order valence-corrected chi connectivity index (χ3v) is 5.35. The fraction of sp³-hybridized carbons (Fsp3) is 0.600. The second kappa shape index (κ2) is 8.06. The van der Waals surface area contributed by atoms with Crippen LogP contribution < -0.4 is 19.5 Å². The third-order valence-electron chi connectivity index (χ3n) is 5.35. The predicted octanol–water partition coefficient (Wildman–Crippen LogP) is 2.55. The van der Waals surface area contributed by atoms with Gasteiger partial charge in [0.05, 0.1) is 33.2 Å². The highest BCUT2D eigenvalue weighted by atomic mass is 16.5. The zero-order valence-electron chi connectivity index (χ0n) is 16.4. The fourth-order valence-corrected chi connectivity index (χ4v) is 3.77. The van der Waals surface area contributed by atoms with Crippen LogP contribution in [0.4, 0.5) is 5.69 Å². The molecule has 0 radical (unpaired) electrons. The number of nitrogens with zero attached hydrogens (tertiary/aromatic N) is 1. The lowest BCUT2D eigenvalue weighted by Gasteiger charge is -2.31. The molecular formula is C20H28N2O5. The Balaban J connectivity index is 1.64. The number of anilines is 1. The Kier molecular flexibility index (Phi) is 5.77. The normalized spacial score (nSPS) is 24.1. The average molecular weight is 376 g/mol. The van der Waals surface area contributed by atoms with Crippen LogP contribution in [0.25, 0.3) is 0 Å². The Bertz CT molecular complexity index is 695. The van der Waals surface area contributed by atoms with E-state index in [0.717, 1.165) is 19.5 Å². The molecular weight excluding hydrogens is 348 g/mol. The van der Waals surface area contributed by atoms with Gasteiger partial charge in [-0.25, -0.2) is 0 Å². The van der Waals surface area contributed by atoms with E-state index in [1.54, 1.807) is 12.1 Å². The molecule has 3 atom stereocenters. The molecule has 2 aliphatic rings. The summed E-state index contributed by atoms with van der Waals surface area (Å²) in [7, 11) is 4.58. The number of carbonyl (C=O) groups excluding carboxylic acids is 2. The number of amides is 2. The molecule has 1 aliphatic carbocycles. The third kappa shape index (κ3) is 4.12. The van der Waals surface area contributed by atoms with Crippen LogP contribution in [0.1, 0.15) is 26.2 Å². The Morgan fingerprint density at radius 2 is 1.74 bits per heavy atom. The summed E-state index contributed by atoms with van der Waals surface area (Å²) in [5, 5.41) is 2.88. The molecule has 148 valence electrons. The van der Waals surface area contributed by atoms with Gasteiger partial charge < -0.3 is 24.4 Å². The van der Waals surface area contributed by atoms with E-state index in [0.29, 0.717) is 35.3 Å². The van der Waals surface area contributed by atoms with Crippen molar-refractivity contribution in [2.24, 2.45) is 17.8 Å². The minimum absolute atomic E-state index is 0.117. The van der Waals surface area contributed by atoms with Crippen LogP contribution in [-0.2, 0) is 9.59 Å². The number of ether oxygens (including phenoxy) is 3. The Hall–Kier alpha value is -2.44. The second-order valence-corrected chi connectivity index (χ2v) is 7.38. The lowest BCUT2D eigenvalue weighted by Crippen LogP contribution is -2.40. The van der Waals surface area contributed by atoms with Crippen LogP contribution in [0, 0.1) is 17.8 Å². The van der Waals surface area contributed by atoms with Crippen LogP contribution >= 0.6 is 0 Å². The number of methoxy groups -OCH3 is 3. The summed E-state index contributed by atoms with van der Waals surface area (Å²) in [6.07, 6.45) is 2.82. The van der Waals surface area contributed by atoms with Gasteiger partial charge in [0.15, 0.2) is 11.5 Å². The van der Waals surface area contributed by atoms with Crippen LogP contribution in [0.2, 0.25) is 0 Å². The van der Waals surface area contributed by atoms with Gasteiger partial charge in [0.2, 0.25) is 17.6 Å². The van der Waals surface area contributed by atoms with Gasteiger partial charge in [0.1, 0.15) is 0 Å². The molecule has 1 aromatic carbocycles. The topological polar surface area (TPSA) is 77.1 Å². The monoisotopic (exact) mass is 376 g/mol. The molecule has 1 N–H and O–H groups in total. The maximum atomic E-state index is 12.6. The van der Waals surface area contributed by atoms with Crippen LogP contribution in [0.15, 0.2) is 12.1 Å². The average Bonchev–Trinajstić information content (AvgIpc) is 3.47. The van der Waals surface area contributed by atoms with Crippen molar-refractivity contribution in [1.29, 1.82) is 0 Å². The van der Waals surface area contributed by atoms with Crippen molar-refractivity contribution in [3.05, 3.63) is 12.1 Å². The highest BCUT2D eigenvalue weighted by molar-refractivity contribution is 6.00. The number of hydrogen-bond donors (Lipinski definition) is 1. The minimum atomic E-state index is -0.270. The van der Waals surface area contributed by atoms with Crippen LogP contribution in [0.5, 0.6) is 17.2 Å². The van der Waals surface area contributed by atoms with Gasteiger partial charge in [0, 0.05) is 30.9 Å². The minimum Gasteiger partial charge on any atom is -0.493 e. The highest BCUT2D eigenvalue weighted by Gasteiger charge is 2.49. The molecule has 1 aliphatic heterocycles. The zero-order valence-corrected chi connectivity index (χ0v) is 16.4. The van der Waals surface area contributed by atoms with Crippen molar-refractivity contribution in [2.45, 2.75) is 26.2 Å². The van der Waals surface area contributed by atoms with E-state index in [1.165, 1.54) is 27.8 Å². The Labute approximate surface area is 160 Å². The van der Waals surface area contributed by atoms with Crippen molar-refractivity contribution in [2.75, 3.05) is 39.7 Å². The van der Waals surface area contributed by atoms with Crippen molar-refractivity contribution in [1.82, 2.24) is 4.90 Å². The lowest BCUT2D eigenvalue weighted by atomic mass is 10.00. The van der Waals surface area contributed by atoms with Crippen LogP contribution in [0.3, 0.4) is 0 Å². The molecule has 1 aromatic rings. The van der Waals surface area contributed by atoms with Gasteiger partial charge >= 0.3 is 0 Å². The second-order valence-electron chi connectivity index (χ2n) is 7.38. The summed E-state index contributed by atoms with van der Waals surface area (Å²) < 4.78 is 15.9. The molecule has 1 saturated heterocycles. The summed E-state index contributed by atoms with van der Waals surface area (Å²) in [6, 6.07) is 3.37. The predicted molar refractivity (Wildman–Crippen MR) is 101 cm³/mol. The van der Waals surface area contributed by atoms with E-state index in [2.05, 4.69) is 12.2 Å². The first-order valence-corrected chi connectivity index (χ1v) is 9.38. The maximum Gasteiger partial charge on any atom is 0.228 e. The molecule has 7 heteroatoms. The number of carbonyl (C=O) groups is 2. The molecule has 0 spiro atoms. The van der Waals surface area contributed by atoms with E-state index in [-0.39, 0.29) is 23.7 Å². The van der Waals surface area contributed by atoms with Crippen LogP contribution in [-0.4, -0.2) is 51.1 Å². The zero-order chi connectivity index (χ0) is 19.6. The fourth-order valence-electron chi connectivity index (χ4n) is 3.77. The molecule has 3 rings (SSSR count). The first kappa shape index (κ1) is 19.3. The van der Waals surface area contributed by atoms with E-state index in [4.69, 9.17) is 14.2 Å². The molecule has 2 fully saturated rings. The quantitative estimate of drug-likeness (QED) is 0.826. The molecule has 3 unspecified atom stereocenters. The number of hydrogen-bond acceptors (Lipinski definition) is 5. The Morgan fingerprint density at radius 3 is 2.30 bits per heavy atom. The molecule has 2 amide bonds. The Morgan fingerprint density at radius 1 is 1.07 bits per heavy atom. The summed E-state index contributed by atoms with van der Waals surface area (Å²) in [5.41, 5.74) is 0.555. The molecule has 1 saturated carbocycles. The summed E-state index contributed by atoms with van der Waals surface area (Å²) >= 11 is 0. The first-order chi connectivity index (χ1) is 13.0. The molecule has 7 nitrogen and oxygen atoms in total. The molecule has 1 heterocycles. The van der Waals surface area contributed by atoms with Gasteiger partial charge in [-0.3, -0.25) is 9.59 Å².